The fraction of sp³-hybridized carbons (Fsp3) is 0.625. The summed E-state index contributed by atoms with van der Waals surface area (Å²) in [6.45, 7) is 6.21. The van der Waals surface area contributed by atoms with E-state index < -0.39 is 13.6 Å². The molecule has 0 saturated heterocycles. The summed E-state index contributed by atoms with van der Waals surface area (Å²) in [7, 11) is -0.508. The zero-order valence-corrected chi connectivity index (χ0v) is 13.7. The third kappa shape index (κ3) is 10.3. The Morgan fingerprint density at radius 3 is 1.43 bits per heavy atom. The van der Waals surface area contributed by atoms with Crippen molar-refractivity contribution in [3.05, 3.63) is 0 Å². The summed E-state index contributed by atoms with van der Waals surface area (Å²) in [5, 5.41) is 0. The molecule has 0 aliphatic carbocycles. The molecule has 0 unspecified atom stereocenters. The predicted molar refractivity (Wildman–Crippen MR) is 86.1 cm³/mol. The van der Waals surface area contributed by atoms with E-state index in [4.69, 9.17) is 38.0 Å². The molecule has 0 heterocycles. The van der Waals surface area contributed by atoms with Gasteiger partial charge < -0.3 is 18.7 Å². The van der Waals surface area contributed by atoms with Crippen molar-refractivity contribution in [2.75, 3.05) is 59.6 Å². The van der Waals surface area contributed by atoms with Crippen LogP contribution in [0.1, 0.15) is 0 Å². The van der Waals surface area contributed by atoms with Crippen molar-refractivity contribution in [3.63, 3.8) is 0 Å². The second-order valence-electron chi connectivity index (χ2n) is 4.68. The summed E-state index contributed by atoms with van der Waals surface area (Å²) in [5.74, 6) is 7.30. The van der Waals surface area contributed by atoms with Gasteiger partial charge >= 0.3 is 0 Å². The highest BCUT2D eigenvalue weighted by molar-refractivity contribution is 7.50. The largest absolute Gasteiger partial charge is 0.368 e. The Bertz CT molecular complexity index is 336. The molecule has 0 amide bonds. The van der Waals surface area contributed by atoms with Crippen LogP contribution in [0.15, 0.2) is 0 Å². The molecule has 0 rings (SSSR count). The molecule has 0 aromatic rings. The molecule has 116 valence electrons. The highest BCUT2D eigenvalue weighted by Gasteiger charge is 2.32. The van der Waals surface area contributed by atoms with Crippen LogP contribution in [0.3, 0.4) is 0 Å². The van der Waals surface area contributed by atoms with E-state index in [0.29, 0.717) is 26.4 Å². The first-order valence-electron chi connectivity index (χ1n) is 6.44. The molecule has 0 aromatic heterocycles. The second kappa shape index (κ2) is 12.7. The Morgan fingerprint density at radius 1 is 0.762 bits per heavy atom. The average molecular weight is 310 g/mol. The van der Waals surface area contributed by atoms with E-state index in [1.54, 1.807) is 0 Å². The van der Waals surface area contributed by atoms with Crippen LogP contribution in [0.4, 0.5) is 0 Å². The average Bonchev–Trinajstić information content (AvgIpc) is 2.46. The zero-order valence-electron chi connectivity index (χ0n) is 12.8. The summed E-state index contributed by atoms with van der Waals surface area (Å²) in [6, 6.07) is 0. The lowest BCUT2D eigenvalue weighted by Crippen LogP contribution is -2.41. The van der Waals surface area contributed by atoms with Crippen LogP contribution in [-0.4, -0.2) is 59.6 Å². The maximum Gasteiger partial charge on any atom is 0.107 e. The van der Waals surface area contributed by atoms with Crippen LogP contribution in [0.25, 0.3) is 0 Å². The number of terminal acetylenes is 3. The third-order valence-electron chi connectivity index (χ3n) is 2.41. The Kier molecular flexibility index (Phi) is 12.0. The number of hydrogen-bond acceptors (Lipinski definition) is 4. The first kappa shape index (κ1) is 19.9. The zero-order chi connectivity index (χ0) is 16.0. The summed E-state index contributed by atoms with van der Waals surface area (Å²) in [6.07, 6.45) is 15.6. The molecule has 5 heteroatoms. The van der Waals surface area contributed by atoms with Gasteiger partial charge in [0.2, 0.25) is 0 Å². The van der Waals surface area contributed by atoms with Crippen LogP contribution in [0.2, 0.25) is 0 Å². The van der Waals surface area contributed by atoms with Crippen molar-refractivity contribution >= 4 is 8.15 Å². The molecular formula is C16H23O4P. The molecule has 0 saturated carbocycles. The summed E-state index contributed by atoms with van der Waals surface area (Å²) >= 11 is 0. The molecular weight excluding hydrogens is 287 g/mol. The topological polar surface area (TPSA) is 36.9 Å². The lowest BCUT2D eigenvalue weighted by molar-refractivity contribution is -0.0736. The minimum atomic E-state index is -0.508. The Hall–Kier alpha value is -1.05. The normalized spacial score (nSPS) is 10.9. The van der Waals surface area contributed by atoms with Crippen molar-refractivity contribution in [1.29, 1.82) is 0 Å². The fourth-order valence-electron chi connectivity index (χ4n) is 1.50. The molecule has 0 aromatic carbocycles. The van der Waals surface area contributed by atoms with Crippen molar-refractivity contribution in [3.8, 4) is 37.0 Å². The van der Waals surface area contributed by atoms with E-state index in [0.717, 1.165) is 0 Å². The molecule has 21 heavy (non-hydrogen) atoms. The smallest absolute Gasteiger partial charge is 0.107 e. The third-order valence-corrected chi connectivity index (χ3v) is 3.06. The molecule has 0 N–H and O–H groups in total. The van der Waals surface area contributed by atoms with Gasteiger partial charge in [-0.3, -0.25) is 0 Å². The van der Waals surface area contributed by atoms with E-state index in [9.17, 15) is 0 Å². The van der Waals surface area contributed by atoms with E-state index in [1.165, 1.54) is 0 Å². The quantitative estimate of drug-likeness (QED) is 0.312. The highest BCUT2D eigenvalue weighted by Crippen LogP contribution is 2.31. The van der Waals surface area contributed by atoms with Gasteiger partial charge in [0.25, 0.3) is 0 Å². The van der Waals surface area contributed by atoms with Gasteiger partial charge in [-0.1, -0.05) is 17.8 Å². The van der Waals surface area contributed by atoms with Gasteiger partial charge in [-0.2, -0.15) is 0 Å². The second-order valence-corrected chi connectivity index (χ2v) is 6.56. The minimum absolute atomic E-state index is 0.221. The van der Waals surface area contributed by atoms with Gasteiger partial charge in [0.05, 0.1) is 31.8 Å². The van der Waals surface area contributed by atoms with Gasteiger partial charge in [0.15, 0.2) is 0 Å². The lowest BCUT2D eigenvalue weighted by atomic mass is 9.92. The SMILES string of the molecule is C#CCOCC(COCC#C)(COCC#C)COP(C)C. The van der Waals surface area contributed by atoms with Gasteiger partial charge in [0.1, 0.15) is 19.8 Å². The van der Waals surface area contributed by atoms with Crippen LogP contribution < -0.4 is 0 Å². The highest BCUT2D eigenvalue weighted by atomic mass is 31.1. The maximum absolute atomic E-state index is 5.77. The predicted octanol–water partition coefficient (Wildman–Crippen LogP) is 1.60. The van der Waals surface area contributed by atoms with Crippen LogP contribution in [0, 0.1) is 42.4 Å². The van der Waals surface area contributed by atoms with Gasteiger partial charge in [-0.05, 0) is 13.3 Å². The van der Waals surface area contributed by atoms with Crippen molar-refractivity contribution in [2.45, 2.75) is 0 Å². The summed E-state index contributed by atoms with van der Waals surface area (Å²) in [5.41, 5.74) is -0.475. The Labute approximate surface area is 129 Å². The lowest BCUT2D eigenvalue weighted by Gasteiger charge is -2.32. The molecule has 0 atom stereocenters. The first-order chi connectivity index (χ1) is 10.1. The molecule has 0 bridgehead atoms. The number of hydrogen-bond donors (Lipinski definition) is 0. The molecule has 0 aliphatic heterocycles. The molecule has 0 aliphatic rings. The standard InChI is InChI=1S/C16H23O4P/c1-6-9-17-12-16(13-18-10-7-2,14-19-11-8-3)15-20-21(4)5/h1-3H,9-15H2,4-5H3. The van der Waals surface area contributed by atoms with Crippen molar-refractivity contribution < 1.29 is 18.7 Å². The van der Waals surface area contributed by atoms with E-state index in [-0.39, 0.29) is 19.8 Å². The number of ether oxygens (including phenoxy) is 3. The molecule has 4 nitrogen and oxygen atoms in total. The van der Waals surface area contributed by atoms with Crippen LogP contribution in [0.5, 0.6) is 0 Å². The van der Waals surface area contributed by atoms with Gasteiger partial charge in [0, 0.05) is 8.15 Å². The van der Waals surface area contributed by atoms with Crippen molar-refractivity contribution in [1.82, 2.24) is 0 Å². The molecule has 0 spiro atoms. The summed E-state index contributed by atoms with van der Waals surface area (Å²) in [4.78, 5) is 0. The fourth-order valence-corrected chi connectivity index (χ4v) is 2.03. The monoisotopic (exact) mass is 310 g/mol. The minimum Gasteiger partial charge on any atom is -0.368 e. The van der Waals surface area contributed by atoms with Crippen LogP contribution in [-0.2, 0) is 18.7 Å². The maximum atomic E-state index is 5.77. The Balaban J connectivity index is 4.74. The summed E-state index contributed by atoms with van der Waals surface area (Å²) < 4.78 is 22.2. The number of rotatable bonds is 12. The van der Waals surface area contributed by atoms with E-state index in [1.807, 2.05) is 13.3 Å². The molecule has 0 fully saturated rings. The van der Waals surface area contributed by atoms with Crippen LogP contribution >= 0.6 is 8.15 Å². The first-order valence-corrected chi connectivity index (χ1v) is 8.59. The van der Waals surface area contributed by atoms with E-state index in [2.05, 4.69) is 17.8 Å². The van der Waals surface area contributed by atoms with Gasteiger partial charge in [-0.25, -0.2) is 0 Å². The molecule has 0 radical (unpaired) electrons. The van der Waals surface area contributed by atoms with E-state index >= 15 is 0 Å². The van der Waals surface area contributed by atoms with Crippen molar-refractivity contribution in [2.24, 2.45) is 5.41 Å². The van der Waals surface area contributed by atoms with Gasteiger partial charge in [-0.15, -0.1) is 19.3 Å². The Morgan fingerprint density at radius 2 is 1.14 bits per heavy atom.